The molecule has 2 rings (SSSR count). The molecule has 20 heavy (non-hydrogen) atoms. The molecule has 1 heterocycles. The highest BCUT2D eigenvalue weighted by Gasteiger charge is 2.12. The Morgan fingerprint density at radius 3 is 2.65 bits per heavy atom. The minimum absolute atomic E-state index is 0.421. The molecule has 0 bridgehead atoms. The topological polar surface area (TPSA) is 92.2 Å². The van der Waals surface area contributed by atoms with Gasteiger partial charge in [0.05, 0.1) is 5.69 Å². The van der Waals surface area contributed by atoms with Crippen molar-refractivity contribution in [2.24, 2.45) is 0 Å². The number of hydrogen-bond donors (Lipinski definition) is 2. The number of carboxylic acids is 1. The number of nitrogens with one attached hydrogen (secondary N) is 1. The highest BCUT2D eigenvalue weighted by atomic mass is 16.4. The number of aliphatic carboxylic acids is 1. The first kappa shape index (κ1) is 13.4. The van der Waals surface area contributed by atoms with E-state index in [2.05, 4.69) is 15.3 Å². The lowest BCUT2D eigenvalue weighted by Gasteiger charge is -2.05. The van der Waals surface area contributed by atoms with E-state index in [1.165, 1.54) is 6.33 Å². The first-order chi connectivity index (χ1) is 9.66. The first-order valence-electron chi connectivity index (χ1n) is 5.74. The van der Waals surface area contributed by atoms with Crippen LogP contribution in [0.1, 0.15) is 11.3 Å². The Labute approximate surface area is 114 Å². The molecule has 2 aromatic rings. The fourth-order valence-electron chi connectivity index (χ4n) is 1.51. The summed E-state index contributed by atoms with van der Waals surface area (Å²) in [6.45, 7) is 0. The molecule has 0 aliphatic rings. The van der Waals surface area contributed by atoms with Crippen LogP contribution in [0.5, 0.6) is 0 Å². The predicted molar refractivity (Wildman–Crippen MR) is 73.7 cm³/mol. The van der Waals surface area contributed by atoms with Gasteiger partial charge in [-0.25, -0.2) is 14.8 Å². The van der Waals surface area contributed by atoms with Crippen LogP contribution in [0.3, 0.4) is 0 Å². The van der Waals surface area contributed by atoms with E-state index in [1.807, 2.05) is 0 Å². The van der Waals surface area contributed by atoms with E-state index in [1.54, 1.807) is 48.7 Å². The van der Waals surface area contributed by atoms with Crippen molar-refractivity contribution in [1.82, 2.24) is 9.97 Å². The summed E-state index contributed by atoms with van der Waals surface area (Å²) in [4.78, 5) is 29.6. The molecule has 1 aromatic carbocycles. The second-order valence-corrected chi connectivity index (χ2v) is 3.81. The van der Waals surface area contributed by atoms with Gasteiger partial charge in [-0.3, -0.25) is 4.79 Å². The Bertz CT molecular complexity index is 654. The van der Waals surface area contributed by atoms with Crippen LogP contribution >= 0.6 is 0 Å². The minimum Gasteiger partial charge on any atom is -0.474 e. The van der Waals surface area contributed by atoms with Gasteiger partial charge in [-0.15, -0.1) is 0 Å². The van der Waals surface area contributed by atoms with E-state index < -0.39 is 11.9 Å². The standard InChI is InChI=1S/C14H11N3O3/c18-13(14(19)20)17-12-4-2-1-3-10(12)5-6-11-7-8-15-9-16-11/h1-9H,(H,17,18)(H,19,20)/b6-5+. The number of anilines is 1. The number of rotatable bonds is 3. The normalized spacial score (nSPS) is 10.4. The van der Waals surface area contributed by atoms with Crippen molar-refractivity contribution < 1.29 is 14.7 Å². The van der Waals surface area contributed by atoms with E-state index >= 15 is 0 Å². The number of para-hydroxylation sites is 1. The van der Waals surface area contributed by atoms with Crippen LogP contribution in [0.4, 0.5) is 5.69 Å². The minimum atomic E-state index is -1.53. The van der Waals surface area contributed by atoms with Gasteiger partial charge in [0, 0.05) is 11.9 Å². The monoisotopic (exact) mass is 269 g/mol. The van der Waals surface area contributed by atoms with E-state index in [0.717, 1.165) is 0 Å². The number of carboxylic acid groups (broad SMARTS) is 1. The highest BCUT2D eigenvalue weighted by Crippen LogP contribution is 2.17. The number of hydrogen-bond acceptors (Lipinski definition) is 4. The summed E-state index contributed by atoms with van der Waals surface area (Å²) in [5, 5.41) is 10.9. The van der Waals surface area contributed by atoms with Gasteiger partial charge in [0.2, 0.25) is 0 Å². The summed E-state index contributed by atoms with van der Waals surface area (Å²) >= 11 is 0. The SMILES string of the molecule is O=C(O)C(=O)Nc1ccccc1/C=C/c1ccncn1. The third kappa shape index (κ3) is 3.49. The van der Waals surface area contributed by atoms with E-state index in [9.17, 15) is 9.59 Å². The average molecular weight is 269 g/mol. The summed E-state index contributed by atoms with van der Waals surface area (Å²) in [6, 6.07) is 8.61. The van der Waals surface area contributed by atoms with Crippen LogP contribution in [-0.2, 0) is 9.59 Å². The number of carbonyl (C=O) groups is 2. The van der Waals surface area contributed by atoms with Crippen LogP contribution in [-0.4, -0.2) is 27.0 Å². The van der Waals surface area contributed by atoms with Gasteiger partial charge in [-0.05, 0) is 23.8 Å². The molecule has 1 amide bonds. The molecule has 1 aromatic heterocycles. The lowest BCUT2D eigenvalue weighted by molar-refractivity contribution is -0.147. The van der Waals surface area contributed by atoms with Gasteiger partial charge < -0.3 is 10.4 Å². The first-order valence-corrected chi connectivity index (χ1v) is 5.74. The third-order valence-electron chi connectivity index (χ3n) is 2.44. The summed E-state index contributed by atoms with van der Waals surface area (Å²) in [5.41, 5.74) is 1.81. The largest absolute Gasteiger partial charge is 0.474 e. The van der Waals surface area contributed by atoms with Crippen molar-refractivity contribution >= 4 is 29.7 Å². The summed E-state index contributed by atoms with van der Waals surface area (Å²) in [7, 11) is 0. The number of benzene rings is 1. The van der Waals surface area contributed by atoms with Crippen molar-refractivity contribution in [2.75, 3.05) is 5.32 Å². The molecule has 2 N–H and O–H groups in total. The lowest BCUT2D eigenvalue weighted by Crippen LogP contribution is -2.22. The van der Waals surface area contributed by atoms with Crippen LogP contribution in [0, 0.1) is 0 Å². The number of carbonyl (C=O) groups excluding carboxylic acids is 1. The van der Waals surface area contributed by atoms with Gasteiger partial charge in [-0.2, -0.15) is 0 Å². The predicted octanol–water partition coefficient (Wildman–Crippen LogP) is 1.67. The summed E-state index contributed by atoms with van der Waals surface area (Å²) in [5.74, 6) is -2.60. The van der Waals surface area contributed by atoms with E-state index in [-0.39, 0.29) is 0 Å². The molecular formula is C14H11N3O3. The van der Waals surface area contributed by atoms with Crippen molar-refractivity contribution in [2.45, 2.75) is 0 Å². The molecule has 100 valence electrons. The Morgan fingerprint density at radius 2 is 1.95 bits per heavy atom. The molecule has 0 unspecified atom stereocenters. The molecule has 0 aliphatic heterocycles. The molecule has 0 atom stereocenters. The van der Waals surface area contributed by atoms with E-state index in [0.29, 0.717) is 16.9 Å². The fraction of sp³-hybridized carbons (Fsp3) is 0. The Morgan fingerprint density at radius 1 is 1.15 bits per heavy atom. The Balaban J connectivity index is 2.22. The van der Waals surface area contributed by atoms with Crippen molar-refractivity contribution in [3.05, 3.63) is 54.1 Å². The van der Waals surface area contributed by atoms with Crippen LogP contribution in [0.25, 0.3) is 12.2 Å². The smallest absolute Gasteiger partial charge is 0.394 e. The van der Waals surface area contributed by atoms with Crippen molar-refractivity contribution in [3.8, 4) is 0 Å². The molecule has 0 saturated heterocycles. The number of amides is 1. The van der Waals surface area contributed by atoms with Crippen molar-refractivity contribution in [3.63, 3.8) is 0 Å². The maximum absolute atomic E-state index is 11.2. The quantitative estimate of drug-likeness (QED) is 0.827. The van der Waals surface area contributed by atoms with E-state index in [4.69, 9.17) is 5.11 Å². The molecule has 6 heteroatoms. The Hall–Kier alpha value is -3.02. The lowest BCUT2D eigenvalue weighted by atomic mass is 10.1. The molecular weight excluding hydrogens is 258 g/mol. The zero-order chi connectivity index (χ0) is 14.4. The average Bonchev–Trinajstić information content (AvgIpc) is 2.47. The molecule has 0 spiro atoms. The number of aromatic nitrogens is 2. The molecule has 0 aliphatic carbocycles. The maximum atomic E-state index is 11.2. The van der Waals surface area contributed by atoms with Gasteiger partial charge in [-0.1, -0.05) is 24.3 Å². The van der Waals surface area contributed by atoms with Crippen LogP contribution in [0.2, 0.25) is 0 Å². The van der Waals surface area contributed by atoms with Crippen LogP contribution < -0.4 is 5.32 Å². The van der Waals surface area contributed by atoms with Gasteiger partial charge >= 0.3 is 11.9 Å². The van der Waals surface area contributed by atoms with Gasteiger partial charge in [0.25, 0.3) is 0 Å². The maximum Gasteiger partial charge on any atom is 0.394 e. The van der Waals surface area contributed by atoms with Gasteiger partial charge in [0.1, 0.15) is 6.33 Å². The van der Waals surface area contributed by atoms with Crippen molar-refractivity contribution in [1.29, 1.82) is 0 Å². The molecule has 6 nitrogen and oxygen atoms in total. The third-order valence-corrected chi connectivity index (χ3v) is 2.44. The zero-order valence-corrected chi connectivity index (χ0v) is 10.4. The second-order valence-electron chi connectivity index (χ2n) is 3.81. The number of nitrogens with zero attached hydrogens (tertiary/aromatic N) is 2. The molecule has 0 saturated carbocycles. The summed E-state index contributed by atoms with van der Waals surface area (Å²) in [6.07, 6.45) is 6.52. The Kier molecular flexibility index (Phi) is 4.18. The van der Waals surface area contributed by atoms with Gasteiger partial charge in [0.15, 0.2) is 0 Å². The summed E-state index contributed by atoms with van der Waals surface area (Å²) < 4.78 is 0. The van der Waals surface area contributed by atoms with Crippen LogP contribution in [0.15, 0.2) is 42.9 Å². The fourth-order valence-corrected chi connectivity index (χ4v) is 1.51. The molecule has 0 fully saturated rings. The zero-order valence-electron chi connectivity index (χ0n) is 10.4. The molecule has 0 radical (unpaired) electrons. The second kappa shape index (κ2) is 6.24. The highest BCUT2D eigenvalue weighted by molar-refractivity contribution is 6.36.